The van der Waals surface area contributed by atoms with Gasteiger partial charge in [-0.2, -0.15) is 0 Å². The fraction of sp³-hybridized carbons (Fsp3) is 0.692. The van der Waals surface area contributed by atoms with Gasteiger partial charge in [-0.25, -0.2) is 0 Å². The third kappa shape index (κ3) is 3.06. The molecule has 16 heavy (non-hydrogen) atoms. The molecule has 1 N–H and O–H groups in total. The molecule has 0 aromatic carbocycles. The summed E-state index contributed by atoms with van der Waals surface area (Å²) in [5.74, 6) is 0. The van der Waals surface area contributed by atoms with Gasteiger partial charge < -0.3 is 5.32 Å². The molecule has 0 bridgehead atoms. The van der Waals surface area contributed by atoms with Crippen molar-refractivity contribution in [1.82, 2.24) is 10.2 Å². The molecule has 1 aliphatic heterocycles. The Morgan fingerprint density at radius 1 is 1.44 bits per heavy atom. The van der Waals surface area contributed by atoms with Gasteiger partial charge in [-0.3, -0.25) is 4.90 Å². The van der Waals surface area contributed by atoms with Crippen molar-refractivity contribution in [2.75, 3.05) is 20.1 Å². The molecule has 1 aliphatic rings. The number of nitrogens with one attached hydrogen (secondary N) is 1. The highest BCUT2D eigenvalue weighted by Gasteiger charge is 2.18. The normalized spacial score (nSPS) is 22.5. The van der Waals surface area contributed by atoms with E-state index in [1.165, 1.54) is 42.1 Å². The van der Waals surface area contributed by atoms with Gasteiger partial charge in [0, 0.05) is 28.9 Å². The van der Waals surface area contributed by atoms with Crippen molar-refractivity contribution in [3.8, 4) is 0 Å². The van der Waals surface area contributed by atoms with Crippen LogP contribution in [-0.2, 0) is 13.0 Å². The molecule has 0 amide bonds. The second-order valence-corrected chi connectivity index (χ2v) is 5.84. The Bertz CT molecular complexity index is 321. The van der Waals surface area contributed by atoms with Crippen LogP contribution in [0.1, 0.15) is 29.5 Å². The van der Waals surface area contributed by atoms with Crippen LogP contribution in [0.5, 0.6) is 0 Å². The van der Waals surface area contributed by atoms with Crippen molar-refractivity contribution in [2.24, 2.45) is 0 Å². The lowest BCUT2D eigenvalue weighted by atomic mass is 10.1. The summed E-state index contributed by atoms with van der Waals surface area (Å²) in [6.45, 7) is 5.84. The van der Waals surface area contributed by atoms with Crippen LogP contribution in [0.2, 0.25) is 0 Å². The van der Waals surface area contributed by atoms with Crippen LogP contribution in [0.25, 0.3) is 0 Å². The number of hydrogen-bond acceptors (Lipinski definition) is 3. The zero-order valence-electron chi connectivity index (χ0n) is 10.3. The maximum absolute atomic E-state index is 3.40. The van der Waals surface area contributed by atoms with E-state index < -0.39 is 0 Å². The third-order valence-corrected chi connectivity index (χ3v) is 4.57. The fourth-order valence-electron chi connectivity index (χ4n) is 2.35. The average molecular weight is 238 g/mol. The van der Waals surface area contributed by atoms with Gasteiger partial charge in [0.15, 0.2) is 0 Å². The average Bonchev–Trinajstić information content (AvgIpc) is 2.77. The van der Waals surface area contributed by atoms with E-state index >= 15 is 0 Å². The Morgan fingerprint density at radius 3 is 2.94 bits per heavy atom. The van der Waals surface area contributed by atoms with Gasteiger partial charge in [0.1, 0.15) is 0 Å². The second-order valence-electron chi connectivity index (χ2n) is 4.58. The van der Waals surface area contributed by atoms with Crippen LogP contribution >= 0.6 is 11.3 Å². The van der Waals surface area contributed by atoms with Gasteiger partial charge in [-0.05, 0) is 45.0 Å². The van der Waals surface area contributed by atoms with Crippen LogP contribution in [0.3, 0.4) is 0 Å². The van der Waals surface area contributed by atoms with Crippen molar-refractivity contribution < 1.29 is 0 Å². The molecular formula is C13H22N2S. The van der Waals surface area contributed by atoms with Crippen LogP contribution in [0, 0.1) is 0 Å². The minimum absolute atomic E-state index is 0.694. The first kappa shape index (κ1) is 12.1. The molecule has 0 aliphatic carbocycles. The van der Waals surface area contributed by atoms with Crippen LogP contribution in [-0.4, -0.2) is 31.1 Å². The van der Waals surface area contributed by atoms with Crippen LogP contribution < -0.4 is 5.32 Å². The smallest absolute Gasteiger partial charge is 0.0328 e. The first-order valence-electron chi connectivity index (χ1n) is 6.29. The zero-order valence-corrected chi connectivity index (χ0v) is 11.1. The summed E-state index contributed by atoms with van der Waals surface area (Å²) in [6.07, 6.45) is 3.83. The highest BCUT2D eigenvalue weighted by atomic mass is 32.1. The number of aryl methyl sites for hydroxylation is 1. The Kier molecular flexibility index (Phi) is 4.38. The first-order chi connectivity index (χ1) is 7.81. The molecule has 1 aromatic rings. The minimum atomic E-state index is 0.694. The molecule has 3 heteroatoms. The number of piperidine rings is 1. The number of thiophene rings is 1. The highest BCUT2D eigenvalue weighted by Crippen LogP contribution is 2.20. The number of likely N-dealkylation sites (N-methyl/N-ethyl adjacent to an activating group) is 1. The van der Waals surface area contributed by atoms with Gasteiger partial charge in [-0.15, -0.1) is 11.3 Å². The van der Waals surface area contributed by atoms with Crippen molar-refractivity contribution in [3.05, 3.63) is 21.9 Å². The summed E-state index contributed by atoms with van der Waals surface area (Å²) in [4.78, 5) is 5.61. The van der Waals surface area contributed by atoms with Gasteiger partial charge in [0.05, 0.1) is 0 Å². The number of likely N-dealkylation sites (tertiary alicyclic amines) is 1. The molecule has 0 radical (unpaired) electrons. The Morgan fingerprint density at radius 2 is 2.25 bits per heavy atom. The summed E-state index contributed by atoms with van der Waals surface area (Å²) in [7, 11) is 2.08. The summed E-state index contributed by atoms with van der Waals surface area (Å²) < 4.78 is 0. The van der Waals surface area contributed by atoms with E-state index in [1.807, 2.05) is 11.3 Å². The highest BCUT2D eigenvalue weighted by molar-refractivity contribution is 7.11. The molecular weight excluding hydrogens is 216 g/mol. The molecule has 2 rings (SSSR count). The molecule has 2 nitrogen and oxygen atoms in total. The molecule has 1 fully saturated rings. The zero-order chi connectivity index (χ0) is 11.4. The molecule has 1 atom stereocenters. The van der Waals surface area contributed by atoms with Gasteiger partial charge >= 0.3 is 0 Å². The summed E-state index contributed by atoms with van der Waals surface area (Å²) in [6, 6.07) is 5.27. The molecule has 1 saturated heterocycles. The number of nitrogens with zero attached hydrogens (tertiary/aromatic N) is 1. The summed E-state index contributed by atoms with van der Waals surface area (Å²) in [5.41, 5.74) is 0. The molecule has 1 unspecified atom stereocenters. The Hall–Kier alpha value is -0.380. The van der Waals surface area contributed by atoms with Gasteiger partial charge in [-0.1, -0.05) is 6.92 Å². The van der Waals surface area contributed by atoms with E-state index in [2.05, 4.69) is 36.3 Å². The largest absolute Gasteiger partial charge is 0.316 e. The first-order valence-corrected chi connectivity index (χ1v) is 7.10. The number of hydrogen-bond donors (Lipinski definition) is 1. The third-order valence-electron chi connectivity index (χ3n) is 3.36. The SMILES string of the molecule is CCc1ccc(CN2CCCC(NC)C2)s1. The van der Waals surface area contributed by atoms with E-state index in [1.54, 1.807) is 0 Å². The lowest BCUT2D eigenvalue weighted by Gasteiger charge is -2.32. The van der Waals surface area contributed by atoms with E-state index in [4.69, 9.17) is 0 Å². The van der Waals surface area contributed by atoms with Crippen LogP contribution in [0.15, 0.2) is 12.1 Å². The van der Waals surface area contributed by atoms with Crippen molar-refractivity contribution in [3.63, 3.8) is 0 Å². The standard InChI is InChI=1S/C13H22N2S/c1-3-12-6-7-13(16-12)10-15-8-4-5-11(9-15)14-2/h6-7,11,14H,3-5,8-10H2,1-2H3. The maximum atomic E-state index is 3.40. The minimum Gasteiger partial charge on any atom is -0.316 e. The molecule has 2 heterocycles. The quantitative estimate of drug-likeness (QED) is 0.867. The lowest BCUT2D eigenvalue weighted by Crippen LogP contribution is -2.43. The van der Waals surface area contributed by atoms with E-state index in [0.717, 1.165) is 6.54 Å². The lowest BCUT2D eigenvalue weighted by molar-refractivity contribution is 0.189. The van der Waals surface area contributed by atoms with Crippen molar-refractivity contribution >= 4 is 11.3 Å². The Labute approximate surface area is 103 Å². The van der Waals surface area contributed by atoms with Crippen molar-refractivity contribution in [1.29, 1.82) is 0 Å². The summed E-state index contributed by atoms with van der Waals surface area (Å²) >= 11 is 1.97. The van der Waals surface area contributed by atoms with E-state index in [0.29, 0.717) is 6.04 Å². The molecule has 0 saturated carbocycles. The second kappa shape index (κ2) is 5.80. The topological polar surface area (TPSA) is 15.3 Å². The van der Waals surface area contributed by atoms with Gasteiger partial charge in [0.25, 0.3) is 0 Å². The fourth-order valence-corrected chi connectivity index (χ4v) is 3.35. The summed E-state index contributed by atoms with van der Waals surface area (Å²) in [5, 5.41) is 3.40. The van der Waals surface area contributed by atoms with Crippen LogP contribution in [0.4, 0.5) is 0 Å². The molecule has 90 valence electrons. The number of rotatable bonds is 4. The van der Waals surface area contributed by atoms with E-state index in [-0.39, 0.29) is 0 Å². The Balaban J connectivity index is 1.88. The molecule has 0 spiro atoms. The van der Waals surface area contributed by atoms with E-state index in [9.17, 15) is 0 Å². The predicted molar refractivity (Wildman–Crippen MR) is 71.1 cm³/mol. The van der Waals surface area contributed by atoms with Crippen molar-refractivity contribution in [2.45, 2.75) is 38.8 Å². The monoisotopic (exact) mass is 238 g/mol. The maximum Gasteiger partial charge on any atom is 0.0328 e. The molecule has 1 aromatic heterocycles. The van der Waals surface area contributed by atoms with Gasteiger partial charge in [0.2, 0.25) is 0 Å². The predicted octanol–water partition coefficient (Wildman–Crippen LogP) is 2.49.